The molecule has 0 amide bonds. The summed E-state index contributed by atoms with van der Waals surface area (Å²) in [7, 11) is 0. The molecule has 2 aromatic heterocycles. The quantitative estimate of drug-likeness (QED) is 0.755. The smallest absolute Gasteiger partial charge is 0.193 e. The van der Waals surface area contributed by atoms with E-state index in [1.165, 1.54) is 5.56 Å². The first-order valence-electron chi connectivity index (χ1n) is 7.13. The topological polar surface area (TPSA) is 38.6 Å². The van der Waals surface area contributed by atoms with Gasteiger partial charge in [0.2, 0.25) is 0 Å². The number of nitrogens with one attached hydrogen (secondary N) is 1. The van der Waals surface area contributed by atoms with Crippen molar-refractivity contribution in [3.8, 4) is 5.75 Å². The Kier molecular flexibility index (Phi) is 4.22. The van der Waals surface area contributed by atoms with Crippen molar-refractivity contribution in [1.29, 1.82) is 0 Å². The summed E-state index contributed by atoms with van der Waals surface area (Å²) in [5.74, 6) is 0.874. The molecule has 0 radical (unpaired) electrons. The number of benzene rings is 1. The third-order valence-corrected chi connectivity index (χ3v) is 4.19. The molecular formula is C16H19N3OS. The summed E-state index contributed by atoms with van der Waals surface area (Å²) in [6, 6.07) is 8.61. The summed E-state index contributed by atoms with van der Waals surface area (Å²) in [5, 5.41) is 5.42. The summed E-state index contributed by atoms with van der Waals surface area (Å²) in [5.41, 5.74) is 2.22. The largest absolute Gasteiger partial charge is 0.487 e. The maximum atomic E-state index is 5.79. The van der Waals surface area contributed by atoms with E-state index in [0.29, 0.717) is 12.6 Å². The van der Waals surface area contributed by atoms with E-state index in [9.17, 15) is 0 Å². The van der Waals surface area contributed by atoms with E-state index >= 15 is 0 Å². The van der Waals surface area contributed by atoms with Crippen LogP contribution in [0.2, 0.25) is 0 Å². The van der Waals surface area contributed by atoms with Gasteiger partial charge in [-0.25, -0.2) is 4.98 Å². The third-order valence-electron chi connectivity index (χ3n) is 3.42. The monoisotopic (exact) mass is 301 g/mol. The van der Waals surface area contributed by atoms with Gasteiger partial charge in [-0.1, -0.05) is 19.1 Å². The van der Waals surface area contributed by atoms with Crippen LogP contribution < -0.4 is 10.1 Å². The van der Waals surface area contributed by atoms with E-state index in [4.69, 9.17) is 4.74 Å². The van der Waals surface area contributed by atoms with Gasteiger partial charge in [0.25, 0.3) is 0 Å². The second-order valence-corrected chi connectivity index (χ2v) is 5.84. The van der Waals surface area contributed by atoms with Crippen LogP contribution in [0.3, 0.4) is 0 Å². The first-order chi connectivity index (χ1) is 10.3. The number of rotatable bonds is 6. The van der Waals surface area contributed by atoms with Crippen LogP contribution >= 0.6 is 11.3 Å². The molecule has 5 heteroatoms. The maximum Gasteiger partial charge on any atom is 0.193 e. The van der Waals surface area contributed by atoms with Gasteiger partial charge in [-0.2, -0.15) is 0 Å². The lowest BCUT2D eigenvalue weighted by molar-refractivity contribution is 0.302. The van der Waals surface area contributed by atoms with E-state index in [-0.39, 0.29) is 0 Å². The molecule has 1 N–H and O–H groups in total. The molecule has 3 aromatic rings. The fourth-order valence-electron chi connectivity index (χ4n) is 2.28. The highest BCUT2D eigenvalue weighted by Crippen LogP contribution is 2.19. The first kappa shape index (κ1) is 14.1. The van der Waals surface area contributed by atoms with Crippen LogP contribution in [0.4, 0.5) is 0 Å². The molecule has 2 heterocycles. The van der Waals surface area contributed by atoms with Crippen LogP contribution in [-0.2, 0) is 6.61 Å². The second-order valence-electron chi connectivity index (χ2n) is 4.96. The van der Waals surface area contributed by atoms with Crippen molar-refractivity contribution in [3.63, 3.8) is 0 Å². The van der Waals surface area contributed by atoms with Crippen molar-refractivity contribution in [3.05, 3.63) is 53.3 Å². The fourth-order valence-corrected chi connectivity index (χ4v) is 3.00. The standard InChI is InChI=1S/C16H19N3OS/c1-3-17-12(2)13-4-6-15(7-5-13)20-11-14-10-19-8-9-21-16(19)18-14/h4-10,12,17H,3,11H2,1-2H3. The lowest BCUT2D eigenvalue weighted by Gasteiger charge is -2.13. The highest BCUT2D eigenvalue weighted by molar-refractivity contribution is 7.15. The number of hydrogen-bond donors (Lipinski definition) is 1. The number of nitrogens with zero attached hydrogens (tertiary/aromatic N) is 2. The van der Waals surface area contributed by atoms with Crippen molar-refractivity contribution in [2.45, 2.75) is 26.5 Å². The molecule has 0 saturated heterocycles. The minimum atomic E-state index is 0.365. The van der Waals surface area contributed by atoms with Crippen molar-refractivity contribution in [2.24, 2.45) is 0 Å². The predicted molar refractivity (Wildman–Crippen MR) is 85.9 cm³/mol. The van der Waals surface area contributed by atoms with Gasteiger partial charge in [0, 0.05) is 23.8 Å². The molecule has 1 unspecified atom stereocenters. The van der Waals surface area contributed by atoms with E-state index in [2.05, 4.69) is 36.3 Å². The van der Waals surface area contributed by atoms with Crippen LogP contribution in [0.15, 0.2) is 42.0 Å². The highest BCUT2D eigenvalue weighted by atomic mass is 32.1. The molecule has 110 valence electrons. The molecule has 0 bridgehead atoms. The fraction of sp³-hybridized carbons (Fsp3) is 0.312. The Labute approximate surface area is 128 Å². The van der Waals surface area contributed by atoms with Crippen molar-refractivity contribution < 1.29 is 4.74 Å². The van der Waals surface area contributed by atoms with Crippen LogP contribution in [0.25, 0.3) is 4.96 Å². The zero-order chi connectivity index (χ0) is 14.7. The zero-order valence-corrected chi connectivity index (χ0v) is 13.1. The molecule has 1 aromatic carbocycles. The molecule has 3 rings (SSSR count). The Hall–Kier alpha value is -1.85. The molecule has 4 nitrogen and oxygen atoms in total. The first-order valence-corrected chi connectivity index (χ1v) is 8.01. The van der Waals surface area contributed by atoms with E-state index in [1.54, 1.807) is 11.3 Å². The van der Waals surface area contributed by atoms with Gasteiger partial charge in [-0.05, 0) is 31.2 Å². The SMILES string of the molecule is CCNC(C)c1ccc(OCc2cn3ccsc3n2)cc1. The lowest BCUT2D eigenvalue weighted by atomic mass is 10.1. The van der Waals surface area contributed by atoms with Crippen LogP contribution in [0.5, 0.6) is 5.75 Å². The zero-order valence-electron chi connectivity index (χ0n) is 12.2. The van der Waals surface area contributed by atoms with Gasteiger partial charge in [-0.3, -0.25) is 4.40 Å². The summed E-state index contributed by atoms with van der Waals surface area (Å²) < 4.78 is 7.81. The molecule has 0 spiro atoms. The number of aromatic nitrogens is 2. The average molecular weight is 301 g/mol. The van der Waals surface area contributed by atoms with Crippen molar-refractivity contribution in [2.75, 3.05) is 6.54 Å². The molecule has 21 heavy (non-hydrogen) atoms. The summed E-state index contributed by atoms with van der Waals surface area (Å²) in [4.78, 5) is 5.51. The molecule has 0 aliphatic rings. The highest BCUT2D eigenvalue weighted by Gasteiger charge is 2.05. The Morgan fingerprint density at radius 2 is 2.14 bits per heavy atom. The predicted octanol–water partition coefficient (Wildman–Crippen LogP) is 3.65. The number of imidazole rings is 1. The second kappa shape index (κ2) is 6.28. The Balaban J connectivity index is 1.61. The average Bonchev–Trinajstić information content (AvgIpc) is 3.07. The van der Waals surface area contributed by atoms with Gasteiger partial charge >= 0.3 is 0 Å². The third kappa shape index (κ3) is 3.25. The van der Waals surface area contributed by atoms with Gasteiger partial charge in [0.05, 0.1) is 5.69 Å². The summed E-state index contributed by atoms with van der Waals surface area (Å²) in [6.07, 6.45) is 4.01. The molecular weight excluding hydrogens is 282 g/mol. The van der Waals surface area contributed by atoms with Crippen molar-refractivity contribution in [1.82, 2.24) is 14.7 Å². The number of thiazole rings is 1. The van der Waals surface area contributed by atoms with Gasteiger partial charge in [-0.15, -0.1) is 11.3 Å². The Morgan fingerprint density at radius 1 is 1.33 bits per heavy atom. The Morgan fingerprint density at radius 3 is 2.86 bits per heavy atom. The van der Waals surface area contributed by atoms with Crippen LogP contribution in [0.1, 0.15) is 31.1 Å². The van der Waals surface area contributed by atoms with Crippen LogP contribution in [0, 0.1) is 0 Å². The molecule has 0 aliphatic heterocycles. The lowest BCUT2D eigenvalue weighted by Crippen LogP contribution is -2.17. The van der Waals surface area contributed by atoms with E-state index in [0.717, 1.165) is 22.9 Å². The molecule has 0 fully saturated rings. The maximum absolute atomic E-state index is 5.79. The summed E-state index contributed by atoms with van der Waals surface area (Å²) in [6.45, 7) is 5.74. The van der Waals surface area contributed by atoms with Gasteiger partial charge in [0.1, 0.15) is 12.4 Å². The van der Waals surface area contributed by atoms with Gasteiger partial charge < -0.3 is 10.1 Å². The van der Waals surface area contributed by atoms with Crippen molar-refractivity contribution >= 4 is 16.3 Å². The number of hydrogen-bond acceptors (Lipinski definition) is 4. The molecule has 0 saturated carbocycles. The van der Waals surface area contributed by atoms with Crippen LogP contribution in [-0.4, -0.2) is 15.9 Å². The minimum absolute atomic E-state index is 0.365. The number of fused-ring (bicyclic) bond motifs is 1. The Bertz CT molecular complexity index is 673. The normalized spacial score (nSPS) is 12.7. The minimum Gasteiger partial charge on any atom is -0.487 e. The summed E-state index contributed by atoms with van der Waals surface area (Å²) >= 11 is 1.63. The molecule has 0 aliphatic carbocycles. The number of ether oxygens (including phenoxy) is 1. The van der Waals surface area contributed by atoms with Gasteiger partial charge in [0.15, 0.2) is 4.96 Å². The van der Waals surface area contributed by atoms with E-state index in [1.807, 2.05) is 34.3 Å². The van der Waals surface area contributed by atoms with E-state index < -0.39 is 0 Å². The molecule has 1 atom stereocenters.